The molecular formula is C25H28O3. The maximum Gasteiger partial charge on any atom is 0.127 e. The third-order valence-electron chi connectivity index (χ3n) is 5.29. The molecule has 0 saturated carbocycles. The lowest BCUT2D eigenvalue weighted by molar-refractivity contribution is 0.0676. The molecule has 2 atom stereocenters. The van der Waals surface area contributed by atoms with Crippen LogP contribution in [-0.2, 0) is 5.41 Å². The molecule has 0 heterocycles. The Morgan fingerprint density at radius 1 is 0.750 bits per heavy atom. The number of hydrogen-bond acceptors (Lipinski definition) is 3. The average molecular weight is 376 g/mol. The molecule has 3 rings (SSSR count). The van der Waals surface area contributed by atoms with Crippen LogP contribution in [-0.4, -0.2) is 16.3 Å². The summed E-state index contributed by atoms with van der Waals surface area (Å²) in [4.78, 5) is 0. The van der Waals surface area contributed by atoms with Crippen LogP contribution in [0.1, 0.15) is 43.9 Å². The SMILES string of the molecule is CC(C)(c1ccccc1)C(O)CCC(O)c1cccc(Oc2ccccc2)c1. The molecule has 0 fully saturated rings. The number of para-hydroxylation sites is 1. The van der Waals surface area contributed by atoms with E-state index in [0.717, 1.165) is 16.9 Å². The standard InChI is InChI=1S/C25H28O3/c1-25(2,20-11-5-3-6-12-20)24(27)17-16-23(26)19-10-9-15-22(18-19)28-21-13-7-4-8-14-21/h3-15,18,23-24,26-27H,16-17H2,1-2H3. The fourth-order valence-electron chi connectivity index (χ4n) is 3.31. The number of rotatable bonds is 8. The van der Waals surface area contributed by atoms with Gasteiger partial charge in [0, 0.05) is 5.41 Å². The molecule has 3 aromatic carbocycles. The smallest absolute Gasteiger partial charge is 0.127 e. The zero-order valence-corrected chi connectivity index (χ0v) is 16.5. The van der Waals surface area contributed by atoms with Crippen molar-refractivity contribution in [2.75, 3.05) is 0 Å². The summed E-state index contributed by atoms with van der Waals surface area (Å²) in [5, 5.41) is 21.4. The number of ether oxygens (including phenoxy) is 1. The predicted octanol–water partition coefficient (Wildman–Crippen LogP) is 5.63. The maximum atomic E-state index is 10.7. The van der Waals surface area contributed by atoms with Gasteiger partial charge in [0.05, 0.1) is 12.2 Å². The quantitative estimate of drug-likeness (QED) is 0.535. The van der Waals surface area contributed by atoms with Crippen LogP contribution in [0.15, 0.2) is 84.9 Å². The highest BCUT2D eigenvalue weighted by Crippen LogP contribution is 2.32. The minimum Gasteiger partial charge on any atom is -0.457 e. The third kappa shape index (κ3) is 5.00. The Kier molecular flexibility index (Phi) is 6.50. The topological polar surface area (TPSA) is 49.7 Å². The van der Waals surface area contributed by atoms with Gasteiger partial charge in [-0.3, -0.25) is 0 Å². The Labute approximate surface area is 167 Å². The van der Waals surface area contributed by atoms with Crippen LogP contribution in [0.4, 0.5) is 0 Å². The monoisotopic (exact) mass is 376 g/mol. The number of aliphatic hydroxyl groups is 2. The Hall–Kier alpha value is -2.62. The average Bonchev–Trinajstić information content (AvgIpc) is 2.73. The Morgan fingerprint density at radius 2 is 1.36 bits per heavy atom. The van der Waals surface area contributed by atoms with Crippen LogP contribution in [0, 0.1) is 0 Å². The molecule has 3 heteroatoms. The van der Waals surface area contributed by atoms with Crippen LogP contribution in [0.25, 0.3) is 0 Å². The summed E-state index contributed by atoms with van der Waals surface area (Å²) in [6, 6.07) is 27.1. The van der Waals surface area contributed by atoms with Gasteiger partial charge in [-0.05, 0) is 48.2 Å². The predicted molar refractivity (Wildman–Crippen MR) is 113 cm³/mol. The van der Waals surface area contributed by atoms with E-state index in [1.165, 1.54) is 0 Å². The summed E-state index contributed by atoms with van der Waals surface area (Å²) in [6.07, 6.45) is -0.215. The molecule has 0 spiro atoms. The molecule has 3 aromatic rings. The molecule has 0 saturated heterocycles. The molecule has 0 aliphatic heterocycles. The minimum atomic E-state index is -0.652. The molecule has 0 aliphatic rings. The van der Waals surface area contributed by atoms with Gasteiger partial charge in [-0.15, -0.1) is 0 Å². The van der Waals surface area contributed by atoms with Crippen molar-refractivity contribution in [3.8, 4) is 11.5 Å². The van der Waals surface area contributed by atoms with Gasteiger partial charge in [-0.1, -0.05) is 74.5 Å². The first-order valence-electron chi connectivity index (χ1n) is 9.71. The van der Waals surface area contributed by atoms with E-state index < -0.39 is 12.2 Å². The van der Waals surface area contributed by atoms with Crippen molar-refractivity contribution in [1.29, 1.82) is 0 Å². The van der Waals surface area contributed by atoms with Crippen molar-refractivity contribution in [2.24, 2.45) is 0 Å². The summed E-state index contributed by atoms with van der Waals surface area (Å²) in [5.41, 5.74) is 1.51. The van der Waals surface area contributed by atoms with Crippen LogP contribution in [0.2, 0.25) is 0 Å². The number of hydrogen-bond donors (Lipinski definition) is 2. The highest BCUT2D eigenvalue weighted by molar-refractivity contribution is 5.34. The van der Waals surface area contributed by atoms with Crippen molar-refractivity contribution >= 4 is 0 Å². The Bertz CT molecular complexity index is 859. The van der Waals surface area contributed by atoms with Gasteiger partial charge in [0.25, 0.3) is 0 Å². The van der Waals surface area contributed by atoms with Gasteiger partial charge < -0.3 is 14.9 Å². The van der Waals surface area contributed by atoms with Crippen molar-refractivity contribution in [2.45, 2.75) is 44.3 Å². The molecule has 0 aromatic heterocycles. The molecule has 0 radical (unpaired) electrons. The van der Waals surface area contributed by atoms with E-state index in [0.29, 0.717) is 18.6 Å². The molecular weight excluding hydrogens is 348 g/mol. The molecule has 28 heavy (non-hydrogen) atoms. The van der Waals surface area contributed by atoms with E-state index >= 15 is 0 Å². The highest BCUT2D eigenvalue weighted by Gasteiger charge is 2.30. The van der Waals surface area contributed by atoms with Gasteiger partial charge in [-0.2, -0.15) is 0 Å². The van der Waals surface area contributed by atoms with Crippen LogP contribution >= 0.6 is 0 Å². The van der Waals surface area contributed by atoms with Gasteiger partial charge in [0.15, 0.2) is 0 Å². The Morgan fingerprint density at radius 3 is 2.04 bits per heavy atom. The summed E-state index contributed by atoms with van der Waals surface area (Å²) < 4.78 is 5.85. The largest absolute Gasteiger partial charge is 0.457 e. The van der Waals surface area contributed by atoms with Gasteiger partial charge >= 0.3 is 0 Å². The summed E-state index contributed by atoms with van der Waals surface area (Å²) >= 11 is 0. The molecule has 0 aliphatic carbocycles. The summed E-state index contributed by atoms with van der Waals surface area (Å²) in [7, 11) is 0. The lowest BCUT2D eigenvalue weighted by Crippen LogP contribution is -2.33. The summed E-state index contributed by atoms with van der Waals surface area (Å²) in [6.45, 7) is 4.07. The first-order chi connectivity index (χ1) is 13.5. The first-order valence-corrected chi connectivity index (χ1v) is 9.71. The maximum absolute atomic E-state index is 10.7. The van der Waals surface area contributed by atoms with E-state index in [1.54, 1.807) is 0 Å². The van der Waals surface area contributed by atoms with E-state index in [4.69, 9.17) is 4.74 Å². The van der Waals surface area contributed by atoms with E-state index in [9.17, 15) is 10.2 Å². The molecule has 3 nitrogen and oxygen atoms in total. The van der Waals surface area contributed by atoms with Gasteiger partial charge in [0.2, 0.25) is 0 Å². The van der Waals surface area contributed by atoms with Crippen LogP contribution in [0.5, 0.6) is 11.5 Å². The second kappa shape index (κ2) is 9.05. The first kappa shape index (κ1) is 20.1. The lowest BCUT2D eigenvalue weighted by Gasteiger charge is -2.31. The second-order valence-electron chi connectivity index (χ2n) is 7.68. The fraction of sp³-hybridized carbons (Fsp3) is 0.280. The van der Waals surface area contributed by atoms with Crippen LogP contribution < -0.4 is 4.74 Å². The molecule has 2 N–H and O–H groups in total. The second-order valence-corrected chi connectivity index (χ2v) is 7.68. The molecule has 0 amide bonds. The van der Waals surface area contributed by atoms with Crippen molar-refractivity contribution < 1.29 is 14.9 Å². The molecule has 146 valence electrons. The molecule has 0 bridgehead atoms. The third-order valence-corrected chi connectivity index (χ3v) is 5.29. The van der Waals surface area contributed by atoms with E-state index in [2.05, 4.69) is 0 Å². The summed E-state index contributed by atoms with van der Waals surface area (Å²) in [5.74, 6) is 1.45. The van der Waals surface area contributed by atoms with Crippen LogP contribution in [0.3, 0.4) is 0 Å². The van der Waals surface area contributed by atoms with Crippen molar-refractivity contribution in [3.05, 3.63) is 96.1 Å². The van der Waals surface area contributed by atoms with E-state index in [-0.39, 0.29) is 5.41 Å². The number of aliphatic hydroxyl groups excluding tert-OH is 2. The van der Waals surface area contributed by atoms with Crippen molar-refractivity contribution in [1.82, 2.24) is 0 Å². The zero-order chi connectivity index (χ0) is 20.0. The Balaban J connectivity index is 1.62. The fourth-order valence-corrected chi connectivity index (χ4v) is 3.31. The van der Waals surface area contributed by atoms with E-state index in [1.807, 2.05) is 98.8 Å². The van der Waals surface area contributed by atoms with Gasteiger partial charge in [-0.25, -0.2) is 0 Å². The lowest BCUT2D eigenvalue weighted by atomic mass is 9.77. The zero-order valence-electron chi connectivity index (χ0n) is 16.5. The van der Waals surface area contributed by atoms with Crippen molar-refractivity contribution in [3.63, 3.8) is 0 Å². The normalized spacial score (nSPS) is 13.7. The highest BCUT2D eigenvalue weighted by atomic mass is 16.5. The van der Waals surface area contributed by atoms with Gasteiger partial charge in [0.1, 0.15) is 11.5 Å². The molecule has 2 unspecified atom stereocenters. The minimum absolute atomic E-state index is 0.376. The number of benzene rings is 3.